The van der Waals surface area contributed by atoms with E-state index in [1.54, 1.807) is 0 Å². The van der Waals surface area contributed by atoms with Gasteiger partial charge in [-0.15, -0.1) is 0 Å². The van der Waals surface area contributed by atoms with Crippen LogP contribution in [0.3, 0.4) is 0 Å². The predicted molar refractivity (Wildman–Crippen MR) is 110 cm³/mol. The van der Waals surface area contributed by atoms with E-state index in [9.17, 15) is 15.3 Å². The molecular formula is C21H21N5O2S. The van der Waals surface area contributed by atoms with E-state index in [0.717, 1.165) is 17.3 Å². The minimum absolute atomic E-state index is 0.327. The lowest BCUT2D eigenvalue weighted by Crippen LogP contribution is -2.37. The smallest absolute Gasteiger partial charge is 0.235 e. The normalized spacial score (nSPS) is 14.7. The molecule has 3 rings (SSSR count). The number of anilines is 1. The summed E-state index contributed by atoms with van der Waals surface area (Å²) in [6, 6.07) is 13.6. The van der Waals surface area contributed by atoms with Gasteiger partial charge >= 0.3 is 0 Å². The fourth-order valence-electron chi connectivity index (χ4n) is 3.30. The van der Waals surface area contributed by atoms with E-state index in [-0.39, 0.29) is 0 Å². The number of rotatable bonds is 6. The molecule has 0 radical (unpaired) electrons. The van der Waals surface area contributed by atoms with Crippen molar-refractivity contribution in [1.29, 1.82) is 10.5 Å². The third kappa shape index (κ3) is 4.34. The minimum atomic E-state index is -0.689. The Labute approximate surface area is 174 Å². The van der Waals surface area contributed by atoms with Gasteiger partial charge in [-0.1, -0.05) is 49.0 Å². The Kier molecular flexibility index (Phi) is 6.71. The van der Waals surface area contributed by atoms with Gasteiger partial charge in [0.2, 0.25) is 5.91 Å². The quantitative estimate of drug-likeness (QED) is 0.731. The largest absolute Gasteiger partial charge is 0.378 e. The van der Waals surface area contributed by atoms with Crippen molar-refractivity contribution in [1.82, 2.24) is 4.98 Å². The van der Waals surface area contributed by atoms with Crippen LogP contribution in [-0.2, 0) is 16.0 Å². The number of nitriles is 2. The number of thioether (sulfide) groups is 1. The Morgan fingerprint density at radius 3 is 2.45 bits per heavy atom. The molecule has 2 aromatic rings. The molecule has 29 heavy (non-hydrogen) atoms. The highest BCUT2D eigenvalue weighted by Crippen LogP contribution is 2.39. The average Bonchev–Trinajstić information content (AvgIpc) is 2.77. The number of hydrogen-bond donors (Lipinski definition) is 1. The number of aromatic nitrogens is 1. The number of hydrogen-bond acceptors (Lipinski definition) is 7. The molecule has 1 aliphatic rings. The average molecular weight is 407 g/mol. The van der Waals surface area contributed by atoms with Gasteiger partial charge in [0.1, 0.15) is 28.2 Å². The van der Waals surface area contributed by atoms with Gasteiger partial charge in [-0.2, -0.15) is 10.5 Å². The Bertz CT molecular complexity index is 975. The van der Waals surface area contributed by atoms with Gasteiger partial charge < -0.3 is 15.4 Å². The molecule has 1 aromatic heterocycles. The molecule has 2 heterocycles. The fraction of sp³-hybridized carbons (Fsp3) is 0.333. The molecule has 1 saturated heterocycles. The van der Waals surface area contributed by atoms with E-state index in [2.05, 4.69) is 17.1 Å². The van der Waals surface area contributed by atoms with Crippen molar-refractivity contribution in [2.24, 2.45) is 5.73 Å². The molecule has 0 bridgehead atoms. The highest BCUT2D eigenvalue weighted by atomic mass is 32.2. The molecule has 1 amide bonds. The van der Waals surface area contributed by atoms with Crippen LogP contribution in [0.4, 0.5) is 5.82 Å². The Morgan fingerprint density at radius 2 is 1.90 bits per heavy atom. The van der Waals surface area contributed by atoms with E-state index in [4.69, 9.17) is 10.5 Å². The second-order valence-electron chi connectivity index (χ2n) is 6.46. The molecular weight excluding hydrogens is 386 g/mol. The first-order valence-electron chi connectivity index (χ1n) is 9.31. The second-order valence-corrected chi connectivity index (χ2v) is 7.55. The van der Waals surface area contributed by atoms with Gasteiger partial charge in [-0.05, 0) is 17.5 Å². The topological polar surface area (TPSA) is 116 Å². The number of nitrogens with zero attached hydrogens (tertiary/aromatic N) is 4. The summed E-state index contributed by atoms with van der Waals surface area (Å²) in [6.07, 6.45) is 0.506. The first kappa shape index (κ1) is 20.7. The van der Waals surface area contributed by atoms with Crippen LogP contribution in [0.15, 0.2) is 35.4 Å². The summed E-state index contributed by atoms with van der Waals surface area (Å²) in [6.45, 7) is 4.21. The van der Waals surface area contributed by atoms with Gasteiger partial charge in [0.25, 0.3) is 0 Å². The molecule has 2 N–H and O–H groups in total. The molecule has 8 heteroatoms. The van der Waals surface area contributed by atoms with Crippen LogP contribution in [-0.4, -0.2) is 37.2 Å². The molecule has 0 aliphatic carbocycles. The Hall–Kier alpha value is -3.07. The molecule has 0 saturated carbocycles. The maximum absolute atomic E-state index is 12.2. The van der Waals surface area contributed by atoms with Crippen LogP contribution >= 0.6 is 11.8 Å². The van der Waals surface area contributed by atoms with Gasteiger partial charge in [-0.3, -0.25) is 4.79 Å². The number of benzene rings is 1. The van der Waals surface area contributed by atoms with Crippen molar-refractivity contribution < 1.29 is 9.53 Å². The highest BCUT2D eigenvalue weighted by Gasteiger charge is 2.27. The summed E-state index contributed by atoms with van der Waals surface area (Å²) in [5, 5.41) is 19.3. The van der Waals surface area contributed by atoms with E-state index in [0.29, 0.717) is 60.3 Å². The van der Waals surface area contributed by atoms with Gasteiger partial charge in [0.15, 0.2) is 0 Å². The number of nitrogens with two attached hydrogens (primary N) is 1. The van der Waals surface area contributed by atoms with Crippen LogP contribution in [0.25, 0.3) is 0 Å². The lowest BCUT2D eigenvalue weighted by molar-refractivity contribution is -0.117. The fourth-order valence-corrected chi connectivity index (χ4v) is 4.36. The summed E-state index contributed by atoms with van der Waals surface area (Å²) in [5.41, 5.74) is 7.79. The van der Waals surface area contributed by atoms with E-state index >= 15 is 0 Å². The Balaban J connectivity index is 2.13. The number of carbonyl (C=O) groups is 1. The predicted octanol–water partition coefficient (Wildman–Crippen LogP) is 2.54. The molecule has 1 aromatic carbocycles. The molecule has 1 fully saturated rings. The number of amides is 1. The lowest BCUT2D eigenvalue weighted by atomic mass is 10.0. The molecule has 1 atom stereocenters. The first-order valence-corrected chi connectivity index (χ1v) is 10.2. The van der Waals surface area contributed by atoms with Crippen molar-refractivity contribution in [3.63, 3.8) is 0 Å². The van der Waals surface area contributed by atoms with Crippen molar-refractivity contribution in [2.75, 3.05) is 31.2 Å². The van der Waals surface area contributed by atoms with Crippen molar-refractivity contribution >= 4 is 23.5 Å². The van der Waals surface area contributed by atoms with Gasteiger partial charge in [0, 0.05) is 13.1 Å². The summed E-state index contributed by atoms with van der Waals surface area (Å²) >= 11 is 1.15. The van der Waals surface area contributed by atoms with Crippen LogP contribution < -0.4 is 10.6 Å². The zero-order chi connectivity index (χ0) is 20.8. The SMILES string of the molecule is CCc1c(C#N)c(SC(C(N)=O)c2ccccc2)nc(N2CCOCC2)c1C#N. The number of pyridine rings is 1. The van der Waals surface area contributed by atoms with E-state index < -0.39 is 11.2 Å². The first-order chi connectivity index (χ1) is 14.1. The molecule has 1 unspecified atom stereocenters. The van der Waals surface area contributed by atoms with Crippen LogP contribution in [0.1, 0.15) is 34.4 Å². The number of carbonyl (C=O) groups excluding carboxylic acids is 1. The number of ether oxygens (including phenoxy) is 1. The second kappa shape index (κ2) is 9.42. The lowest BCUT2D eigenvalue weighted by Gasteiger charge is -2.30. The van der Waals surface area contributed by atoms with Gasteiger partial charge in [-0.25, -0.2) is 4.98 Å². The molecule has 0 spiro atoms. The number of primary amides is 1. The van der Waals surface area contributed by atoms with Crippen LogP contribution in [0.2, 0.25) is 0 Å². The van der Waals surface area contributed by atoms with Crippen LogP contribution in [0.5, 0.6) is 0 Å². The molecule has 148 valence electrons. The monoisotopic (exact) mass is 407 g/mol. The van der Waals surface area contributed by atoms with Crippen molar-refractivity contribution in [2.45, 2.75) is 23.6 Å². The van der Waals surface area contributed by atoms with Crippen molar-refractivity contribution in [3.8, 4) is 12.1 Å². The zero-order valence-electron chi connectivity index (χ0n) is 16.1. The molecule has 7 nitrogen and oxygen atoms in total. The van der Waals surface area contributed by atoms with E-state index in [1.807, 2.05) is 42.2 Å². The Morgan fingerprint density at radius 1 is 1.24 bits per heavy atom. The summed E-state index contributed by atoms with van der Waals surface area (Å²) in [4.78, 5) is 18.8. The van der Waals surface area contributed by atoms with Crippen LogP contribution in [0, 0.1) is 22.7 Å². The minimum Gasteiger partial charge on any atom is -0.378 e. The summed E-state index contributed by atoms with van der Waals surface area (Å²) < 4.78 is 5.41. The van der Waals surface area contributed by atoms with Crippen molar-refractivity contribution in [3.05, 3.63) is 52.6 Å². The highest BCUT2D eigenvalue weighted by molar-refractivity contribution is 8.00. The van der Waals surface area contributed by atoms with E-state index in [1.165, 1.54) is 0 Å². The van der Waals surface area contributed by atoms with Gasteiger partial charge in [0.05, 0.1) is 24.3 Å². The number of morpholine rings is 1. The molecule has 1 aliphatic heterocycles. The maximum atomic E-state index is 12.2. The third-order valence-corrected chi connectivity index (χ3v) is 5.99. The zero-order valence-corrected chi connectivity index (χ0v) is 16.9. The maximum Gasteiger partial charge on any atom is 0.235 e. The summed E-state index contributed by atoms with van der Waals surface area (Å²) in [5.74, 6) is 0.0210. The third-order valence-electron chi connectivity index (χ3n) is 4.73. The standard InChI is InChI=1S/C21H21N5O2S/c1-2-15-16(12-22)20(26-8-10-28-11-9-26)25-21(17(15)13-23)29-18(19(24)27)14-6-4-3-5-7-14/h3-7,18H,2,8-11H2,1H3,(H2,24,27). The summed E-state index contributed by atoms with van der Waals surface area (Å²) in [7, 11) is 0.